The summed E-state index contributed by atoms with van der Waals surface area (Å²) in [6.07, 6.45) is 0.226. The molecular weight excluding hydrogens is 251 g/mol. The molecule has 0 aliphatic carbocycles. The van der Waals surface area contributed by atoms with Crippen molar-refractivity contribution in [3.63, 3.8) is 0 Å². The van der Waals surface area contributed by atoms with E-state index in [-0.39, 0.29) is 18.0 Å². The van der Waals surface area contributed by atoms with Crippen molar-refractivity contribution in [1.29, 1.82) is 0 Å². The van der Waals surface area contributed by atoms with Gasteiger partial charge in [-0.1, -0.05) is 35.9 Å². The maximum Gasteiger partial charge on any atom is 0.168 e. The van der Waals surface area contributed by atoms with Crippen LogP contribution < -0.4 is 0 Å². The van der Waals surface area contributed by atoms with E-state index in [2.05, 4.69) is 0 Å². The van der Waals surface area contributed by atoms with Crippen LogP contribution in [0, 0.1) is 12.7 Å². The Balaban J connectivity index is 2.22. The van der Waals surface area contributed by atoms with Crippen molar-refractivity contribution in [2.75, 3.05) is 0 Å². The minimum Gasteiger partial charge on any atom is -0.294 e. The normalized spacial score (nSPS) is 10.4. The van der Waals surface area contributed by atoms with Crippen molar-refractivity contribution in [3.05, 3.63) is 70.0 Å². The first kappa shape index (κ1) is 12.8. The van der Waals surface area contributed by atoms with Gasteiger partial charge in [-0.2, -0.15) is 0 Å². The molecule has 18 heavy (non-hydrogen) atoms. The Bertz CT molecular complexity index is 576. The summed E-state index contributed by atoms with van der Waals surface area (Å²) in [6, 6.07) is 11.3. The zero-order chi connectivity index (χ0) is 13.1. The largest absolute Gasteiger partial charge is 0.294 e. The van der Waals surface area contributed by atoms with E-state index in [1.165, 1.54) is 12.1 Å². The van der Waals surface area contributed by atoms with Gasteiger partial charge in [0.25, 0.3) is 0 Å². The lowest BCUT2D eigenvalue weighted by Gasteiger charge is -2.06. The number of Topliss-reactive ketones (excluding diaryl/α,β-unsaturated/α-hetero) is 1. The molecule has 0 spiro atoms. The van der Waals surface area contributed by atoms with Gasteiger partial charge in [0.2, 0.25) is 0 Å². The Morgan fingerprint density at radius 2 is 1.83 bits per heavy atom. The summed E-state index contributed by atoms with van der Waals surface area (Å²) < 4.78 is 12.8. The number of ketones is 1. The third-order valence-electron chi connectivity index (χ3n) is 2.77. The predicted octanol–water partition coefficient (Wildman–Crippen LogP) is 4.21. The number of rotatable bonds is 3. The van der Waals surface area contributed by atoms with Gasteiger partial charge in [-0.25, -0.2) is 4.39 Å². The second kappa shape index (κ2) is 5.32. The van der Waals surface area contributed by atoms with E-state index in [0.717, 1.165) is 11.1 Å². The number of benzene rings is 2. The molecule has 2 aromatic carbocycles. The van der Waals surface area contributed by atoms with Crippen LogP contribution in [0.1, 0.15) is 21.5 Å². The highest BCUT2D eigenvalue weighted by Gasteiger charge is 2.12. The van der Waals surface area contributed by atoms with Crippen LogP contribution in [0.5, 0.6) is 0 Å². The van der Waals surface area contributed by atoms with E-state index in [4.69, 9.17) is 11.6 Å². The fourth-order valence-electron chi connectivity index (χ4n) is 1.75. The topological polar surface area (TPSA) is 17.1 Å². The molecule has 92 valence electrons. The number of hydrogen-bond donors (Lipinski definition) is 0. The number of carbonyl (C=O) groups is 1. The van der Waals surface area contributed by atoms with Crippen LogP contribution in [0.4, 0.5) is 4.39 Å². The quantitative estimate of drug-likeness (QED) is 0.757. The molecule has 0 atom stereocenters. The van der Waals surface area contributed by atoms with E-state index in [1.54, 1.807) is 24.3 Å². The molecule has 0 amide bonds. The van der Waals surface area contributed by atoms with E-state index < -0.39 is 0 Å². The van der Waals surface area contributed by atoms with Gasteiger partial charge in [0.1, 0.15) is 5.82 Å². The standard InChI is InChI=1S/C15H12ClFO/c1-10-3-2-4-13(15(10)16)14(18)9-11-5-7-12(17)8-6-11/h2-8H,9H2,1H3. The second-order valence-corrected chi connectivity index (χ2v) is 4.54. The van der Waals surface area contributed by atoms with Gasteiger partial charge >= 0.3 is 0 Å². The van der Waals surface area contributed by atoms with Crippen LogP contribution in [0.15, 0.2) is 42.5 Å². The summed E-state index contributed by atoms with van der Waals surface area (Å²) in [5.74, 6) is -0.366. The molecule has 0 N–H and O–H groups in total. The summed E-state index contributed by atoms with van der Waals surface area (Å²) >= 11 is 6.10. The van der Waals surface area contributed by atoms with Gasteiger partial charge in [-0.05, 0) is 36.2 Å². The van der Waals surface area contributed by atoms with Crippen molar-refractivity contribution in [2.45, 2.75) is 13.3 Å². The number of carbonyl (C=O) groups excluding carboxylic acids is 1. The molecule has 0 saturated heterocycles. The molecule has 0 aromatic heterocycles. The minimum atomic E-state index is -0.306. The first-order valence-electron chi connectivity index (χ1n) is 5.60. The van der Waals surface area contributed by atoms with Gasteiger partial charge in [0.05, 0.1) is 5.02 Å². The van der Waals surface area contributed by atoms with Gasteiger partial charge < -0.3 is 0 Å². The van der Waals surface area contributed by atoms with E-state index in [9.17, 15) is 9.18 Å². The molecule has 2 rings (SSSR count). The molecule has 2 aromatic rings. The SMILES string of the molecule is Cc1cccc(C(=O)Cc2ccc(F)cc2)c1Cl. The third-order valence-corrected chi connectivity index (χ3v) is 3.27. The zero-order valence-electron chi connectivity index (χ0n) is 9.91. The van der Waals surface area contributed by atoms with Crippen LogP contribution in [-0.2, 0) is 6.42 Å². The molecule has 0 heterocycles. The van der Waals surface area contributed by atoms with Gasteiger partial charge in [-0.3, -0.25) is 4.79 Å². The summed E-state index contributed by atoms with van der Waals surface area (Å²) in [6.45, 7) is 1.86. The fraction of sp³-hybridized carbons (Fsp3) is 0.133. The summed E-state index contributed by atoms with van der Waals surface area (Å²) in [7, 11) is 0. The van der Waals surface area contributed by atoms with Crippen LogP contribution in [0.3, 0.4) is 0 Å². The zero-order valence-corrected chi connectivity index (χ0v) is 10.7. The Morgan fingerprint density at radius 1 is 1.17 bits per heavy atom. The monoisotopic (exact) mass is 262 g/mol. The van der Waals surface area contributed by atoms with Crippen LogP contribution in [0.25, 0.3) is 0 Å². The van der Waals surface area contributed by atoms with Crippen molar-refractivity contribution in [3.8, 4) is 0 Å². The average Bonchev–Trinajstić information content (AvgIpc) is 2.35. The highest BCUT2D eigenvalue weighted by Crippen LogP contribution is 2.22. The predicted molar refractivity (Wildman–Crippen MR) is 70.6 cm³/mol. The number of aryl methyl sites for hydroxylation is 1. The third kappa shape index (κ3) is 2.77. The van der Waals surface area contributed by atoms with Crippen molar-refractivity contribution < 1.29 is 9.18 Å². The lowest BCUT2D eigenvalue weighted by Crippen LogP contribution is -2.05. The maximum atomic E-state index is 12.8. The minimum absolute atomic E-state index is 0.0599. The smallest absolute Gasteiger partial charge is 0.168 e. The molecule has 0 saturated carbocycles. The number of halogens is 2. The number of hydrogen-bond acceptors (Lipinski definition) is 1. The van der Waals surface area contributed by atoms with Crippen LogP contribution >= 0.6 is 11.6 Å². The van der Waals surface area contributed by atoms with Crippen molar-refractivity contribution >= 4 is 17.4 Å². The Labute approximate surface area is 110 Å². The molecular formula is C15H12ClFO. The molecule has 0 unspecified atom stereocenters. The molecule has 1 nitrogen and oxygen atoms in total. The molecule has 0 aliphatic rings. The van der Waals surface area contributed by atoms with Gasteiger partial charge in [0.15, 0.2) is 5.78 Å². The summed E-state index contributed by atoms with van der Waals surface area (Å²) in [4.78, 5) is 12.1. The Hall–Kier alpha value is -1.67. The molecule has 0 bridgehead atoms. The highest BCUT2D eigenvalue weighted by molar-refractivity contribution is 6.34. The van der Waals surface area contributed by atoms with Crippen molar-refractivity contribution in [2.24, 2.45) is 0 Å². The molecule has 0 aliphatic heterocycles. The van der Waals surface area contributed by atoms with Gasteiger partial charge in [0, 0.05) is 12.0 Å². The Kier molecular flexibility index (Phi) is 3.78. The summed E-state index contributed by atoms with van der Waals surface area (Å²) in [5.41, 5.74) is 2.17. The lowest BCUT2D eigenvalue weighted by molar-refractivity contribution is 0.0993. The van der Waals surface area contributed by atoms with Crippen molar-refractivity contribution in [1.82, 2.24) is 0 Å². The van der Waals surface area contributed by atoms with Gasteiger partial charge in [-0.15, -0.1) is 0 Å². The highest BCUT2D eigenvalue weighted by atomic mass is 35.5. The van der Waals surface area contributed by atoms with Crippen LogP contribution in [-0.4, -0.2) is 5.78 Å². The molecule has 0 fully saturated rings. The lowest BCUT2D eigenvalue weighted by atomic mass is 10.0. The average molecular weight is 263 g/mol. The van der Waals surface area contributed by atoms with Crippen LogP contribution in [0.2, 0.25) is 5.02 Å². The fourth-order valence-corrected chi connectivity index (χ4v) is 1.98. The van der Waals surface area contributed by atoms with E-state index in [0.29, 0.717) is 10.6 Å². The molecule has 0 radical (unpaired) electrons. The van der Waals surface area contributed by atoms with E-state index in [1.807, 2.05) is 13.0 Å². The summed E-state index contributed by atoms with van der Waals surface area (Å²) in [5, 5.41) is 0.490. The first-order valence-corrected chi connectivity index (χ1v) is 5.98. The molecule has 3 heteroatoms. The van der Waals surface area contributed by atoms with E-state index >= 15 is 0 Å². The second-order valence-electron chi connectivity index (χ2n) is 4.16. The first-order chi connectivity index (χ1) is 8.58. The Morgan fingerprint density at radius 3 is 2.50 bits per heavy atom. The maximum absolute atomic E-state index is 12.8.